The number of aromatic nitrogens is 2. The standard InChI is InChI=1S/C20H18F3N3O/c1-27-16-4-2-3-13(11-16)12-18-17-9-10-24-19(17)26(25-18)15-7-5-14(6-8-15)20(21,22)23/h2-8,11,24H,9-10,12H2,1H3. The highest BCUT2D eigenvalue weighted by Crippen LogP contribution is 2.33. The van der Waals surface area contributed by atoms with Gasteiger partial charge in [0, 0.05) is 18.5 Å². The fraction of sp³-hybridized carbons (Fsp3) is 0.250. The van der Waals surface area contributed by atoms with Crippen molar-refractivity contribution in [2.24, 2.45) is 0 Å². The van der Waals surface area contributed by atoms with Gasteiger partial charge in [0.1, 0.15) is 11.6 Å². The molecule has 0 unspecified atom stereocenters. The van der Waals surface area contributed by atoms with Crippen molar-refractivity contribution in [1.82, 2.24) is 9.78 Å². The van der Waals surface area contributed by atoms with Crippen LogP contribution in [0.4, 0.5) is 19.0 Å². The molecule has 4 rings (SSSR count). The molecule has 1 N–H and O–H groups in total. The number of nitrogens with zero attached hydrogens (tertiary/aromatic N) is 2. The number of anilines is 1. The maximum Gasteiger partial charge on any atom is 0.416 e. The first kappa shape index (κ1) is 17.5. The van der Waals surface area contributed by atoms with E-state index < -0.39 is 11.7 Å². The van der Waals surface area contributed by atoms with Gasteiger partial charge in [0.15, 0.2) is 0 Å². The molecule has 0 fully saturated rings. The van der Waals surface area contributed by atoms with Crippen LogP contribution in [0, 0.1) is 0 Å². The third-order valence-electron chi connectivity index (χ3n) is 4.68. The van der Waals surface area contributed by atoms with Crippen molar-refractivity contribution >= 4 is 5.82 Å². The van der Waals surface area contributed by atoms with Gasteiger partial charge in [-0.2, -0.15) is 18.3 Å². The van der Waals surface area contributed by atoms with Crippen molar-refractivity contribution < 1.29 is 17.9 Å². The normalized spacial score (nSPS) is 13.3. The molecule has 0 spiro atoms. The zero-order valence-corrected chi connectivity index (χ0v) is 14.7. The van der Waals surface area contributed by atoms with E-state index >= 15 is 0 Å². The summed E-state index contributed by atoms with van der Waals surface area (Å²) in [6.45, 7) is 0.791. The number of fused-ring (bicyclic) bond motifs is 1. The van der Waals surface area contributed by atoms with E-state index in [0.717, 1.165) is 53.5 Å². The first-order chi connectivity index (χ1) is 13.0. The lowest BCUT2D eigenvalue weighted by molar-refractivity contribution is -0.137. The highest BCUT2D eigenvalue weighted by Gasteiger charge is 2.30. The lowest BCUT2D eigenvalue weighted by atomic mass is 10.1. The Balaban J connectivity index is 1.68. The highest BCUT2D eigenvalue weighted by atomic mass is 19.4. The van der Waals surface area contributed by atoms with Gasteiger partial charge in [0.05, 0.1) is 24.1 Å². The van der Waals surface area contributed by atoms with Crippen molar-refractivity contribution in [2.75, 3.05) is 19.0 Å². The van der Waals surface area contributed by atoms with Crippen LogP contribution in [0.25, 0.3) is 5.69 Å². The maximum atomic E-state index is 12.8. The van der Waals surface area contributed by atoms with Gasteiger partial charge in [-0.15, -0.1) is 0 Å². The van der Waals surface area contributed by atoms with Crippen LogP contribution in [-0.2, 0) is 19.0 Å². The average molecular weight is 373 g/mol. The van der Waals surface area contributed by atoms with Crippen molar-refractivity contribution in [3.8, 4) is 11.4 Å². The van der Waals surface area contributed by atoms with Crippen LogP contribution in [-0.4, -0.2) is 23.4 Å². The Morgan fingerprint density at radius 1 is 1.15 bits per heavy atom. The molecule has 0 atom stereocenters. The molecule has 1 aromatic heterocycles. The van der Waals surface area contributed by atoms with Gasteiger partial charge in [0.2, 0.25) is 0 Å². The third-order valence-corrected chi connectivity index (χ3v) is 4.68. The Kier molecular flexibility index (Phi) is 4.30. The number of benzene rings is 2. The zero-order chi connectivity index (χ0) is 19.0. The number of hydrogen-bond acceptors (Lipinski definition) is 3. The van der Waals surface area contributed by atoms with Crippen LogP contribution in [0.3, 0.4) is 0 Å². The van der Waals surface area contributed by atoms with Crippen LogP contribution in [0.2, 0.25) is 0 Å². The summed E-state index contributed by atoms with van der Waals surface area (Å²) in [7, 11) is 1.63. The summed E-state index contributed by atoms with van der Waals surface area (Å²) in [5.41, 5.74) is 3.03. The summed E-state index contributed by atoms with van der Waals surface area (Å²) in [5.74, 6) is 1.64. The number of halogens is 3. The molecule has 4 nitrogen and oxygen atoms in total. The average Bonchev–Trinajstić information content (AvgIpc) is 3.25. The molecular formula is C20H18F3N3O. The molecule has 0 aliphatic carbocycles. The highest BCUT2D eigenvalue weighted by molar-refractivity contribution is 5.58. The molecule has 3 aromatic rings. The second kappa shape index (κ2) is 6.64. The SMILES string of the molecule is COc1cccc(Cc2nn(-c3ccc(C(F)(F)F)cc3)c3c2CCN3)c1. The van der Waals surface area contributed by atoms with Gasteiger partial charge in [-0.05, 0) is 48.4 Å². The van der Waals surface area contributed by atoms with Gasteiger partial charge in [-0.25, -0.2) is 4.68 Å². The van der Waals surface area contributed by atoms with Crippen molar-refractivity contribution in [3.05, 3.63) is 70.9 Å². The number of methoxy groups -OCH3 is 1. The number of alkyl halides is 3. The minimum Gasteiger partial charge on any atom is -0.497 e. The van der Waals surface area contributed by atoms with Crippen LogP contribution in [0.5, 0.6) is 5.75 Å². The third kappa shape index (κ3) is 3.37. The molecule has 140 valence electrons. The van der Waals surface area contributed by atoms with E-state index in [4.69, 9.17) is 4.74 Å². The first-order valence-electron chi connectivity index (χ1n) is 8.61. The van der Waals surface area contributed by atoms with Gasteiger partial charge in [-0.3, -0.25) is 0 Å². The molecule has 0 radical (unpaired) electrons. The number of rotatable bonds is 4. The van der Waals surface area contributed by atoms with E-state index in [9.17, 15) is 13.2 Å². The molecule has 0 saturated carbocycles. The number of ether oxygens (including phenoxy) is 1. The molecular weight excluding hydrogens is 355 g/mol. The minimum absolute atomic E-state index is 0.602. The van der Waals surface area contributed by atoms with Crippen LogP contribution in [0.1, 0.15) is 22.4 Å². The van der Waals surface area contributed by atoms with Crippen molar-refractivity contribution in [1.29, 1.82) is 0 Å². The van der Waals surface area contributed by atoms with Gasteiger partial charge >= 0.3 is 6.18 Å². The fourth-order valence-corrected chi connectivity index (χ4v) is 3.34. The predicted octanol–water partition coefficient (Wildman–Crippen LogP) is 4.46. The molecule has 1 aliphatic rings. The topological polar surface area (TPSA) is 39.1 Å². The Bertz CT molecular complexity index is 962. The summed E-state index contributed by atoms with van der Waals surface area (Å²) in [6, 6.07) is 12.9. The molecule has 0 saturated heterocycles. The van der Waals surface area contributed by atoms with Gasteiger partial charge in [-0.1, -0.05) is 12.1 Å². The molecule has 27 heavy (non-hydrogen) atoms. The predicted molar refractivity (Wildman–Crippen MR) is 96.6 cm³/mol. The van der Waals surface area contributed by atoms with Crippen molar-refractivity contribution in [2.45, 2.75) is 19.0 Å². The molecule has 7 heteroatoms. The number of hydrogen-bond donors (Lipinski definition) is 1. The lowest BCUT2D eigenvalue weighted by Crippen LogP contribution is -2.07. The van der Waals surface area contributed by atoms with Crippen LogP contribution < -0.4 is 10.1 Å². The lowest BCUT2D eigenvalue weighted by Gasteiger charge is -2.09. The summed E-state index contributed by atoms with van der Waals surface area (Å²) in [4.78, 5) is 0. The summed E-state index contributed by atoms with van der Waals surface area (Å²) in [6.07, 6.45) is -2.87. The quantitative estimate of drug-likeness (QED) is 0.734. The second-order valence-corrected chi connectivity index (χ2v) is 6.44. The maximum absolute atomic E-state index is 12.8. The molecule has 2 heterocycles. The van der Waals surface area contributed by atoms with Gasteiger partial charge in [0.25, 0.3) is 0 Å². The second-order valence-electron chi connectivity index (χ2n) is 6.44. The monoisotopic (exact) mass is 373 g/mol. The molecule has 0 amide bonds. The van der Waals surface area contributed by atoms with E-state index in [2.05, 4.69) is 10.4 Å². The molecule has 0 bridgehead atoms. The van der Waals surface area contributed by atoms with E-state index in [-0.39, 0.29) is 0 Å². The Morgan fingerprint density at radius 3 is 2.63 bits per heavy atom. The summed E-state index contributed by atoms with van der Waals surface area (Å²) >= 11 is 0. The van der Waals surface area contributed by atoms with Crippen LogP contribution in [0.15, 0.2) is 48.5 Å². The van der Waals surface area contributed by atoms with Gasteiger partial charge < -0.3 is 10.1 Å². The largest absolute Gasteiger partial charge is 0.497 e. The smallest absolute Gasteiger partial charge is 0.416 e. The number of nitrogens with one attached hydrogen (secondary N) is 1. The van der Waals surface area contributed by atoms with E-state index in [1.54, 1.807) is 11.8 Å². The van der Waals surface area contributed by atoms with E-state index in [1.165, 1.54) is 12.1 Å². The Morgan fingerprint density at radius 2 is 1.93 bits per heavy atom. The summed E-state index contributed by atoms with van der Waals surface area (Å²) in [5, 5.41) is 7.97. The Labute approximate surface area is 154 Å². The zero-order valence-electron chi connectivity index (χ0n) is 14.7. The van der Waals surface area contributed by atoms with E-state index in [0.29, 0.717) is 12.1 Å². The molecule has 2 aromatic carbocycles. The fourth-order valence-electron chi connectivity index (χ4n) is 3.34. The van der Waals surface area contributed by atoms with E-state index in [1.807, 2.05) is 24.3 Å². The molecule has 1 aliphatic heterocycles. The first-order valence-corrected chi connectivity index (χ1v) is 8.61. The van der Waals surface area contributed by atoms with Crippen molar-refractivity contribution in [3.63, 3.8) is 0 Å². The summed E-state index contributed by atoms with van der Waals surface area (Å²) < 4.78 is 45.4. The Hall–Kier alpha value is -2.96. The van der Waals surface area contributed by atoms with Crippen LogP contribution >= 0.6 is 0 Å². The minimum atomic E-state index is -4.35.